The van der Waals surface area contributed by atoms with Crippen LogP contribution in [0.2, 0.25) is 0 Å². The van der Waals surface area contributed by atoms with Gasteiger partial charge in [0.15, 0.2) is 0 Å². The van der Waals surface area contributed by atoms with Crippen LogP contribution in [-0.2, 0) is 20.2 Å². The molecule has 1 amide bonds. The van der Waals surface area contributed by atoms with Crippen LogP contribution in [0.25, 0.3) is 10.9 Å². The van der Waals surface area contributed by atoms with E-state index in [0.29, 0.717) is 17.8 Å². The molecule has 1 unspecified atom stereocenters. The number of carbonyl (C=O) groups excluding carboxylic acids is 1. The molecule has 1 atom stereocenters. The number of hydrogen-bond acceptors (Lipinski definition) is 5. The van der Waals surface area contributed by atoms with Crippen molar-refractivity contribution in [2.75, 3.05) is 18.8 Å². The van der Waals surface area contributed by atoms with Crippen LogP contribution >= 0.6 is 11.8 Å². The number of pyridine rings is 1. The lowest BCUT2D eigenvalue weighted by atomic mass is 9.87. The van der Waals surface area contributed by atoms with Gasteiger partial charge in [-0.1, -0.05) is 63.2 Å². The SMILES string of the molecule is CC(C)N(CCN1C(=O)CSC1c1ccc(C(C)(C)C)cc1)S(=O)(=O)c1cccc2cccnc12. The Labute approximate surface area is 212 Å². The number of aromatic nitrogens is 1. The summed E-state index contributed by atoms with van der Waals surface area (Å²) in [5.74, 6) is 0.431. The largest absolute Gasteiger partial charge is 0.325 e. The van der Waals surface area contributed by atoms with Gasteiger partial charge in [0, 0.05) is 30.7 Å². The molecule has 2 aromatic carbocycles. The van der Waals surface area contributed by atoms with Crippen molar-refractivity contribution in [1.29, 1.82) is 0 Å². The first kappa shape index (κ1) is 25.7. The summed E-state index contributed by atoms with van der Waals surface area (Å²) in [6.07, 6.45) is 1.61. The second-order valence-corrected chi connectivity index (χ2v) is 13.1. The van der Waals surface area contributed by atoms with Crippen molar-refractivity contribution in [2.45, 2.75) is 56.3 Å². The lowest BCUT2D eigenvalue weighted by Crippen LogP contribution is -2.43. The molecular weight excluding hydrogens is 478 g/mol. The molecule has 0 spiro atoms. The summed E-state index contributed by atoms with van der Waals surface area (Å²) in [6.45, 7) is 10.8. The number of sulfonamides is 1. The molecule has 0 aliphatic carbocycles. The van der Waals surface area contributed by atoms with Crippen LogP contribution in [0.15, 0.2) is 65.7 Å². The maximum Gasteiger partial charge on any atom is 0.245 e. The average Bonchev–Trinajstić information content (AvgIpc) is 3.18. The van der Waals surface area contributed by atoms with E-state index < -0.39 is 10.0 Å². The van der Waals surface area contributed by atoms with Crippen LogP contribution in [0.1, 0.15) is 51.1 Å². The van der Waals surface area contributed by atoms with Crippen molar-refractivity contribution in [2.24, 2.45) is 0 Å². The summed E-state index contributed by atoms with van der Waals surface area (Å²) in [4.78, 5) is 19.1. The lowest BCUT2D eigenvalue weighted by Gasteiger charge is -2.31. The van der Waals surface area contributed by atoms with Gasteiger partial charge >= 0.3 is 0 Å². The maximum absolute atomic E-state index is 13.7. The van der Waals surface area contributed by atoms with E-state index in [1.54, 1.807) is 36.2 Å². The van der Waals surface area contributed by atoms with Crippen molar-refractivity contribution in [3.05, 3.63) is 71.9 Å². The molecule has 1 fully saturated rings. The Bertz CT molecular complexity index is 1310. The van der Waals surface area contributed by atoms with Gasteiger partial charge in [0.25, 0.3) is 0 Å². The Morgan fingerprint density at radius 2 is 1.77 bits per heavy atom. The van der Waals surface area contributed by atoms with E-state index in [2.05, 4.69) is 50.0 Å². The van der Waals surface area contributed by atoms with Crippen LogP contribution in [0.5, 0.6) is 0 Å². The first-order valence-electron chi connectivity index (χ1n) is 11.9. The predicted molar refractivity (Wildman–Crippen MR) is 143 cm³/mol. The molecule has 8 heteroatoms. The molecule has 4 rings (SSSR count). The van der Waals surface area contributed by atoms with Gasteiger partial charge in [-0.15, -0.1) is 11.8 Å². The summed E-state index contributed by atoms with van der Waals surface area (Å²) in [5, 5.41) is 0.662. The van der Waals surface area contributed by atoms with Crippen molar-refractivity contribution >= 4 is 38.6 Å². The van der Waals surface area contributed by atoms with Crippen molar-refractivity contribution in [1.82, 2.24) is 14.2 Å². The third kappa shape index (κ3) is 5.25. The van der Waals surface area contributed by atoms with Gasteiger partial charge in [-0.3, -0.25) is 9.78 Å². The van der Waals surface area contributed by atoms with Crippen LogP contribution in [0.4, 0.5) is 0 Å². The molecule has 1 aliphatic heterocycles. The monoisotopic (exact) mass is 511 g/mol. The van der Waals surface area contributed by atoms with Gasteiger partial charge < -0.3 is 4.90 Å². The molecular formula is C27H33N3O3S2. The fourth-order valence-corrected chi connectivity index (χ4v) is 7.41. The van der Waals surface area contributed by atoms with Gasteiger partial charge in [-0.25, -0.2) is 8.42 Å². The lowest BCUT2D eigenvalue weighted by molar-refractivity contribution is -0.128. The summed E-state index contributed by atoms with van der Waals surface area (Å²) in [5.41, 5.74) is 2.82. The number of amides is 1. The zero-order valence-electron chi connectivity index (χ0n) is 20.9. The van der Waals surface area contributed by atoms with E-state index in [-0.39, 0.29) is 34.2 Å². The first-order valence-corrected chi connectivity index (χ1v) is 14.4. The van der Waals surface area contributed by atoms with Crippen LogP contribution in [0, 0.1) is 0 Å². The summed E-state index contributed by atoms with van der Waals surface area (Å²) in [7, 11) is -3.81. The molecule has 1 aromatic heterocycles. The van der Waals surface area contributed by atoms with E-state index in [9.17, 15) is 13.2 Å². The minimum atomic E-state index is -3.81. The maximum atomic E-state index is 13.7. The van der Waals surface area contributed by atoms with Gasteiger partial charge in [-0.2, -0.15) is 4.31 Å². The topological polar surface area (TPSA) is 70.6 Å². The Kier molecular flexibility index (Phi) is 7.27. The molecule has 3 aromatic rings. The van der Waals surface area contributed by atoms with E-state index in [1.807, 2.05) is 30.9 Å². The molecule has 35 heavy (non-hydrogen) atoms. The van der Waals surface area contributed by atoms with Crippen molar-refractivity contribution in [3.8, 4) is 0 Å². The van der Waals surface area contributed by atoms with Crippen LogP contribution < -0.4 is 0 Å². The highest BCUT2D eigenvalue weighted by molar-refractivity contribution is 8.00. The normalized spacial score (nSPS) is 17.2. The average molecular weight is 512 g/mol. The second-order valence-electron chi connectivity index (χ2n) is 10.2. The third-order valence-corrected chi connectivity index (χ3v) is 9.71. The molecule has 0 saturated carbocycles. The zero-order valence-corrected chi connectivity index (χ0v) is 22.6. The summed E-state index contributed by atoms with van der Waals surface area (Å²) < 4.78 is 28.9. The minimum absolute atomic E-state index is 0.0350. The first-order chi connectivity index (χ1) is 16.5. The predicted octanol–water partition coefficient (Wildman–Crippen LogP) is 5.21. The number of benzene rings is 2. The summed E-state index contributed by atoms with van der Waals surface area (Å²) >= 11 is 1.59. The smallest absolute Gasteiger partial charge is 0.245 e. The van der Waals surface area contributed by atoms with Crippen LogP contribution in [0.3, 0.4) is 0 Å². The highest BCUT2D eigenvalue weighted by Crippen LogP contribution is 2.39. The molecule has 1 aliphatic rings. The van der Waals surface area contributed by atoms with E-state index in [4.69, 9.17) is 0 Å². The number of fused-ring (bicyclic) bond motifs is 1. The standard InChI is InChI=1S/C27H33N3O3S2/c1-19(2)30(35(32,33)23-10-6-8-20-9-7-15-28-25(20)23)17-16-29-24(31)18-34-26(29)21-11-13-22(14-12-21)27(3,4)5/h6-15,19,26H,16-18H2,1-5H3. The van der Waals surface area contributed by atoms with E-state index >= 15 is 0 Å². The number of carbonyl (C=O) groups is 1. The molecule has 0 N–H and O–H groups in total. The van der Waals surface area contributed by atoms with Gasteiger partial charge in [0.05, 0.1) is 11.3 Å². The van der Waals surface area contributed by atoms with E-state index in [1.165, 1.54) is 9.87 Å². The van der Waals surface area contributed by atoms with Crippen molar-refractivity contribution < 1.29 is 13.2 Å². The van der Waals surface area contributed by atoms with E-state index in [0.717, 1.165) is 10.9 Å². The van der Waals surface area contributed by atoms with Gasteiger partial charge in [-0.05, 0) is 42.5 Å². The number of thioether (sulfide) groups is 1. The van der Waals surface area contributed by atoms with Crippen molar-refractivity contribution in [3.63, 3.8) is 0 Å². The minimum Gasteiger partial charge on any atom is -0.325 e. The van der Waals surface area contributed by atoms with Crippen LogP contribution in [-0.4, -0.2) is 53.4 Å². The zero-order chi connectivity index (χ0) is 25.4. The number of para-hydroxylation sites is 1. The molecule has 1 saturated heterocycles. The molecule has 0 bridgehead atoms. The molecule has 6 nitrogen and oxygen atoms in total. The third-order valence-electron chi connectivity index (χ3n) is 6.35. The Balaban J connectivity index is 1.58. The second kappa shape index (κ2) is 9.91. The van der Waals surface area contributed by atoms with Gasteiger partial charge in [0.1, 0.15) is 10.3 Å². The number of nitrogens with zero attached hydrogens (tertiary/aromatic N) is 3. The quantitative estimate of drug-likeness (QED) is 0.436. The Morgan fingerprint density at radius 3 is 2.43 bits per heavy atom. The fraction of sp³-hybridized carbons (Fsp3) is 0.407. The highest BCUT2D eigenvalue weighted by atomic mass is 32.2. The number of hydrogen-bond donors (Lipinski definition) is 0. The Hall–Kier alpha value is -2.42. The fourth-order valence-electron chi connectivity index (χ4n) is 4.39. The number of rotatable bonds is 7. The molecule has 186 valence electrons. The summed E-state index contributed by atoms with van der Waals surface area (Å²) in [6, 6.07) is 17.0. The Morgan fingerprint density at radius 1 is 1.09 bits per heavy atom. The highest BCUT2D eigenvalue weighted by Gasteiger charge is 2.35. The molecule has 0 radical (unpaired) electrons. The van der Waals surface area contributed by atoms with Gasteiger partial charge in [0.2, 0.25) is 15.9 Å². The molecule has 2 heterocycles.